The van der Waals surface area contributed by atoms with Gasteiger partial charge in [-0.15, -0.1) is 11.3 Å². The third-order valence-electron chi connectivity index (χ3n) is 6.13. The molecule has 6 nitrogen and oxygen atoms in total. The molecule has 1 aliphatic rings. The average Bonchev–Trinajstić information content (AvgIpc) is 3.61. The van der Waals surface area contributed by atoms with E-state index in [2.05, 4.69) is 28.1 Å². The van der Waals surface area contributed by atoms with Gasteiger partial charge >= 0.3 is 0 Å². The SMILES string of the molecule is O=C(COCc1ccccc1)N(CCc1csc2nc(-c3ccccc3)cn12)CC1CCCO1. The third kappa shape index (κ3) is 5.55. The molecule has 0 radical (unpaired) electrons. The van der Waals surface area contributed by atoms with Crippen molar-refractivity contribution in [3.8, 4) is 11.3 Å². The zero-order valence-corrected chi connectivity index (χ0v) is 20.0. The second-order valence-electron chi connectivity index (χ2n) is 8.57. The summed E-state index contributed by atoms with van der Waals surface area (Å²) in [7, 11) is 0. The number of amides is 1. The first kappa shape index (κ1) is 22.8. The number of imidazole rings is 1. The highest BCUT2D eigenvalue weighted by molar-refractivity contribution is 7.15. The summed E-state index contributed by atoms with van der Waals surface area (Å²) < 4.78 is 13.7. The molecule has 0 N–H and O–H groups in total. The van der Waals surface area contributed by atoms with E-state index in [1.807, 2.05) is 53.4 Å². The fraction of sp³-hybridized carbons (Fsp3) is 0.333. The molecule has 2 aromatic carbocycles. The van der Waals surface area contributed by atoms with Crippen LogP contribution in [0.2, 0.25) is 0 Å². The smallest absolute Gasteiger partial charge is 0.248 e. The number of nitrogens with zero attached hydrogens (tertiary/aromatic N) is 3. The molecule has 1 saturated heterocycles. The van der Waals surface area contributed by atoms with Crippen LogP contribution >= 0.6 is 11.3 Å². The summed E-state index contributed by atoms with van der Waals surface area (Å²) >= 11 is 1.63. The molecule has 1 amide bonds. The van der Waals surface area contributed by atoms with Crippen LogP contribution in [0.3, 0.4) is 0 Å². The topological polar surface area (TPSA) is 56.1 Å². The lowest BCUT2D eigenvalue weighted by atomic mass is 10.2. The van der Waals surface area contributed by atoms with Crippen LogP contribution in [0.15, 0.2) is 72.2 Å². The number of carbonyl (C=O) groups excluding carboxylic acids is 1. The Bertz CT molecular complexity index is 1200. The lowest BCUT2D eigenvalue weighted by Crippen LogP contribution is -2.40. The Morgan fingerprint density at radius 3 is 2.71 bits per heavy atom. The summed E-state index contributed by atoms with van der Waals surface area (Å²) in [5, 5.41) is 2.14. The second-order valence-corrected chi connectivity index (χ2v) is 9.41. The fourth-order valence-corrected chi connectivity index (χ4v) is 5.19. The molecule has 5 rings (SSSR count). The molecular formula is C27H29N3O3S. The van der Waals surface area contributed by atoms with E-state index in [-0.39, 0.29) is 18.6 Å². The molecule has 0 saturated carbocycles. The van der Waals surface area contributed by atoms with Gasteiger partial charge in [0, 0.05) is 49.0 Å². The van der Waals surface area contributed by atoms with Crippen molar-refractivity contribution >= 4 is 22.2 Å². The normalized spacial score (nSPS) is 15.7. The number of hydrogen-bond donors (Lipinski definition) is 0. The molecule has 7 heteroatoms. The van der Waals surface area contributed by atoms with Gasteiger partial charge in [-0.1, -0.05) is 60.7 Å². The van der Waals surface area contributed by atoms with Crippen molar-refractivity contribution in [1.82, 2.24) is 14.3 Å². The summed E-state index contributed by atoms with van der Waals surface area (Å²) in [5.74, 6) is 0.00788. The monoisotopic (exact) mass is 475 g/mol. The minimum absolute atomic E-state index is 0.00788. The van der Waals surface area contributed by atoms with Crippen LogP contribution in [0.1, 0.15) is 24.1 Å². The number of aromatic nitrogens is 2. The van der Waals surface area contributed by atoms with Gasteiger partial charge in [0.15, 0.2) is 4.96 Å². The highest BCUT2D eigenvalue weighted by Gasteiger charge is 2.23. The number of benzene rings is 2. The molecule has 1 fully saturated rings. The van der Waals surface area contributed by atoms with Crippen molar-refractivity contribution in [2.75, 3.05) is 26.3 Å². The zero-order valence-electron chi connectivity index (χ0n) is 19.1. The van der Waals surface area contributed by atoms with Gasteiger partial charge in [0.1, 0.15) is 6.61 Å². The van der Waals surface area contributed by atoms with E-state index in [0.29, 0.717) is 19.7 Å². The van der Waals surface area contributed by atoms with Crippen LogP contribution in [0, 0.1) is 0 Å². The maximum Gasteiger partial charge on any atom is 0.248 e. The Labute approximate surface area is 203 Å². The summed E-state index contributed by atoms with van der Waals surface area (Å²) in [6.45, 7) is 2.52. The molecule has 4 aromatic rings. The van der Waals surface area contributed by atoms with Gasteiger partial charge < -0.3 is 14.4 Å². The van der Waals surface area contributed by atoms with Crippen LogP contribution in [0.4, 0.5) is 0 Å². The summed E-state index contributed by atoms with van der Waals surface area (Å²) in [6.07, 6.45) is 5.00. The molecule has 1 atom stereocenters. The van der Waals surface area contributed by atoms with Crippen molar-refractivity contribution in [3.05, 3.63) is 83.5 Å². The number of ether oxygens (including phenoxy) is 2. The van der Waals surface area contributed by atoms with Crippen LogP contribution in [-0.2, 0) is 27.3 Å². The van der Waals surface area contributed by atoms with E-state index in [0.717, 1.165) is 53.3 Å². The molecule has 1 aliphatic heterocycles. The maximum absolute atomic E-state index is 13.1. The number of thiazole rings is 1. The number of fused-ring (bicyclic) bond motifs is 1. The van der Waals surface area contributed by atoms with Crippen LogP contribution in [0.25, 0.3) is 16.2 Å². The highest BCUT2D eigenvalue weighted by atomic mass is 32.1. The van der Waals surface area contributed by atoms with Gasteiger partial charge in [-0.3, -0.25) is 9.20 Å². The van der Waals surface area contributed by atoms with E-state index < -0.39 is 0 Å². The van der Waals surface area contributed by atoms with Gasteiger partial charge in [0.05, 0.1) is 18.4 Å². The minimum Gasteiger partial charge on any atom is -0.376 e. The molecular weight excluding hydrogens is 446 g/mol. The quantitative estimate of drug-likeness (QED) is 0.330. The molecule has 0 bridgehead atoms. The first-order valence-electron chi connectivity index (χ1n) is 11.8. The molecule has 3 heterocycles. The summed E-state index contributed by atoms with van der Waals surface area (Å²) in [6, 6.07) is 20.1. The Hall–Kier alpha value is -3.00. The molecule has 1 unspecified atom stereocenters. The first-order valence-corrected chi connectivity index (χ1v) is 12.7. The van der Waals surface area contributed by atoms with Gasteiger partial charge in [0.25, 0.3) is 0 Å². The average molecular weight is 476 g/mol. The first-order chi connectivity index (χ1) is 16.8. The van der Waals surface area contributed by atoms with Gasteiger partial charge in [-0.25, -0.2) is 4.98 Å². The molecule has 0 aliphatic carbocycles. The van der Waals surface area contributed by atoms with Crippen molar-refractivity contribution in [1.29, 1.82) is 0 Å². The largest absolute Gasteiger partial charge is 0.376 e. The number of hydrogen-bond acceptors (Lipinski definition) is 5. The fourth-order valence-electron chi connectivity index (χ4n) is 4.28. The Kier molecular flexibility index (Phi) is 7.34. The number of rotatable bonds is 10. The summed E-state index contributed by atoms with van der Waals surface area (Å²) in [4.78, 5) is 20.7. The number of carbonyl (C=O) groups is 1. The Morgan fingerprint density at radius 2 is 1.94 bits per heavy atom. The van der Waals surface area contributed by atoms with Crippen molar-refractivity contribution in [2.24, 2.45) is 0 Å². The molecule has 2 aromatic heterocycles. The van der Waals surface area contributed by atoms with Crippen LogP contribution in [-0.4, -0.2) is 52.6 Å². The predicted molar refractivity (Wildman–Crippen MR) is 134 cm³/mol. The molecule has 176 valence electrons. The Morgan fingerprint density at radius 1 is 1.15 bits per heavy atom. The standard InChI is InChI=1S/C27H29N3O3S/c31-26(19-32-18-21-8-3-1-4-9-21)29(16-24-12-7-15-33-24)14-13-23-20-34-27-28-25(17-30(23)27)22-10-5-2-6-11-22/h1-6,8-11,17,20,24H,7,12-16,18-19H2. The van der Waals surface area contributed by atoms with Crippen molar-refractivity contribution < 1.29 is 14.3 Å². The molecule has 0 spiro atoms. The zero-order chi connectivity index (χ0) is 23.2. The van der Waals surface area contributed by atoms with E-state index in [1.165, 1.54) is 0 Å². The lowest BCUT2D eigenvalue weighted by molar-refractivity contribution is -0.138. The van der Waals surface area contributed by atoms with E-state index in [1.54, 1.807) is 11.3 Å². The van der Waals surface area contributed by atoms with E-state index in [9.17, 15) is 4.79 Å². The van der Waals surface area contributed by atoms with Crippen molar-refractivity contribution in [3.63, 3.8) is 0 Å². The van der Waals surface area contributed by atoms with E-state index >= 15 is 0 Å². The highest BCUT2D eigenvalue weighted by Crippen LogP contribution is 2.24. The summed E-state index contributed by atoms with van der Waals surface area (Å²) in [5.41, 5.74) is 4.30. The van der Waals surface area contributed by atoms with Crippen LogP contribution < -0.4 is 0 Å². The molecule has 34 heavy (non-hydrogen) atoms. The van der Waals surface area contributed by atoms with E-state index in [4.69, 9.17) is 14.5 Å². The predicted octanol–water partition coefficient (Wildman–Crippen LogP) is 4.83. The third-order valence-corrected chi connectivity index (χ3v) is 7.02. The van der Waals surface area contributed by atoms with Crippen LogP contribution in [0.5, 0.6) is 0 Å². The van der Waals surface area contributed by atoms with Crippen molar-refractivity contribution in [2.45, 2.75) is 32.0 Å². The lowest BCUT2D eigenvalue weighted by Gasteiger charge is -2.25. The van der Waals surface area contributed by atoms with Gasteiger partial charge in [0.2, 0.25) is 5.91 Å². The minimum atomic E-state index is 0.00788. The maximum atomic E-state index is 13.1. The Balaban J connectivity index is 1.24. The second kappa shape index (κ2) is 11.0. The van der Waals surface area contributed by atoms with Gasteiger partial charge in [-0.05, 0) is 18.4 Å². The van der Waals surface area contributed by atoms with Gasteiger partial charge in [-0.2, -0.15) is 0 Å².